The number of hydrogen-bond acceptors (Lipinski definition) is 8. The van der Waals surface area contributed by atoms with Gasteiger partial charge in [-0.1, -0.05) is 12.1 Å². The second-order valence-electron chi connectivity index (χ2n) is 7.64. The highest BCUT2D eigenvalue weighted by molar-refractivity contribution is 7.99. The zero-order chi connectivity index (χ0) is 19.5. The van der Waals surface area contributed by atoms with Gasteiger partial charge in [-0.2, -0.15) is 0 Å². The molecule has 1 aliphatic heterocycles. The molecule has 0 spiro atoms. The molecule has 1 saturated carbocycles. The van der Waals surface area contributed by atoms with Crippen LogP contribution in [0.3, 0.4) is 0 Å². The lowest BCUT2D eigenvalue weighted by molar-refractivity contribution is 0.732. The SMILES string of the molecule is CNc1cccc2c1[nH]c1nc(Sc3cncnc3)nc(N3CC4C(N)C4C3)c12. The number of fused-ring (bicyclic) bond motifs is 4. The van der Waals surface area contributed by atoms with Crippen molar-refractivity contribution in [3.63, 3.8) is 0 Å². The molecule has 4 heterocycles. The third-order valence-corrected chi connectivity index (χ3v) is 6.83. The van der Waals surface area contributed by atoms with Crippen molar-refractivity contribution in [3.05, 3.63) is 36.9 Å². The maximum atomic E-state index is 6.17. The number of nitrogens with two attached hydrogens (primary N) is 1. The number of nitrogens with zero attached hydrogens (tertiary/aromatic N) is 5. The molecule has 6 rings (SSSR count). The van der Waals surface area contributed by atoms with Gasteiger partial charge in [0.2, 0.25) is 0 Å². The van der Waals surface area contributed by atoms with Crippen molar-refractivity contribution in [2.45, 2.75) is 16.1 Å². The summed E-state index contributed by atoms with van der Waals surface area (Å²) in [7, 11) is 1.93. The summed E-state index contributed by atoms with van der Waals surface area (Å²) in [5.74, 6) is 2.14. The van der Waals surface area contributed by atoms with Gasteiger partial charge in [0.25, 0.3) is 0 Å². The van der Waals surface area contributed by atoms with Crippen LogP contribution in [0.25, 0.3) is 21.9 Å². The Morgan fingerprint density at radius 2 is 1.97 bits per heavy atom. The monoisotopic (exact) mass is 404 g/mol. The van der Waals surface area contributed by atoms with E-state index in [9.17, 15) is 0 Å². The Balaban J connectivity index is 1.53. The predicted molar refractivity (Wildman–Crippen MR) is 114 cm³/mol. The van der Waals surface area contributed by atoms with Crippen molar-refractivity contribution < 1.29 is 0 Å². The summed E-state index contributed by atoms with van der Waals surface area (Å²) in [6.07, 6.45) is 5.08. The van der Waals surface area contributed by atoms with Gasteiger partial charge in [-0.15, -0.1) is 0 Å². The van der Waals surface area contributed by atoms with Crippen LogP contribution >= 0.6 is 11.8 Å². The summed E-state index contributed by atoms with van der Waals surface area (Å²) in [5, 5.41) is 6.15. The zero-order valence-electron chi connectivity index (χ0n) is 15.8. The Hall–Kier alpha value is -2.91. The zero-order valence-corrected chi connectivity index (χ0v) is 16.6. The number of H-pyrrole nitrogens is 1. The highest BCUT2D eigenvalue weighted by Crippen LogP contribution is 2.47. The number of hydrogen-bond donors (Lipinski definition) is 3. The minimum atomic E-state index is 0.345. The van der Waals surface area contributed by atoms with Gasteiger partial charge in [-0.25, -0.2) is 19.9 Å². The van der Waals surface area contributed by atoms with E-state index in [-0.39, 0.29) is 0 Å². The second kappa shape index (κ2) is 6.30. The average molecular weight is 405 g/mol. The molecule has 1 aromatic carbocycles. The lowest BCUT2D eigenvalue weighted by Gasteiger charge is -2.21. The summed E-state index contributed by atoms with van der Waals surface area (Å²) in [6, 6.07) is 6.60. The number of aromatic nitrogens is 5. The second-order valence-corrected chi connectivity index (χ2v) is 8.68. The Kier molecular flexibility index (Phi) is 3.69. The first-order chi connectivity index (χ1) is 14.2. The van der Waals surface area contributed by atoms with Gasteiger partial charge in [0, 0.05) is 44.0 Å². The van der Waals surface area contributed by atoms with Gasteiger partial charge in [-0.05, 0) is 29.7 Å². The highest BCUT2D eigenvalue weighted by Gasteiger charge is 2.54. The number of nitrogens with one attached hydrogen (secondary N) is 2. The third kappa shape index (κ3) is 2.65. The van der Waals surface area contributed by atoms with Gasteiger partial charge < -0.3 is 20.9 Å². The number of rotatable bonds is 4. The van der Waals surface area contributed by atoms with Crippen LogP contribution in [0.15, 0.2) is 47.0 Å². The van der Waals surface area contributed by atoms with Crippen LogP contribution in [0.5, 0.6) is 0 Å². The molecule has 8 nitrogen and oxygen atoms in total. The van der Waals surface area contributed by atoms with E-state index in [1.165, 1.54) is 18.1 Å². The lowest BCUT2D eigenvalue weighted by Crippen LogP contribution is -2.29. The maximum Gasteiger partial charge on any atom is 0.196 e. The molecule has 4 N–H and O–H groups in total. The highest BCUT2D eigenvalue weighted by atomic mass is 32.2. The molecule has 2 atom stereocenters. The van der Waals surface area contributed by atoms with Crippen LogP contribution in [-0.4, -0.2) is 51.1 Å². The van der Waals surface area contributed by atoms with Gasteiger partial charge in [0.05, 0.1) is 21.5 Å². The summed E-state index contributed by atoms with van der Waals surface area (Å²) in [6.45, 7) is 1.91. The number of piperidine rings is 1. The van der Waals surface area contributed by atoms with Crippen molar-refractivity contribution >= 4 is 45.2 Å². The summed E-state index contributed by atoms with van der Waals surface area (Å²) in [4.78, 5) is 24.8. The van der Waals surface area contributed by atoms with Crippen LogP contribution in [0.1, 0.15) is 0 Å². The fourth-order valence-electron chi connectivity index (χ4n) is 4.45. The van der Waals surface area contributed by atoms with Crippen molar-refractivity contribution in [2.75, 3.05) is 30.4 Å². The molecule has 9 heteroatoms. The first-order valence-corrected chi connectivity index (χ1v) is 10.5. The van der Waals surface area contributed by atoms with Crippen LogP contribution in [0.2, 0.25) is 0 Å². The van der Waals surface area contributed by atoms with Gasteiger partial charge in [-0.3, -0.25) is 0 Å². The molecule has 3 aromatic heterocycles. The normalized spacial score (nSPS) is 23.0. The molecular formula is C20H20N8S. The van der Waals surface area contributed by atoms with Crippen LogP contribution in [0, 0.1) is 11.8 Å². The largest absolute Gasteiger partial charge is 0.386 e. The first-order valence-electron chi connectivity index (χ1n) is 9.66. The van der Waals surface area contributed by atoms with E-state index in [1.54, 1.807) is 12.4 Å². The molecule has 29 heavy (non-hydrogen) atoms. The number of benzene rings is 1. The lowest BCUT2D eigenvalue weighted by atomic mass is 10.1. The van der Waals surface area contributed by atoms with Gasteiger partial charge in [0.15, 0.2) is 5.16 Å². The van der Waals surface area contributed by atoms with E-state index in [2.05, 4.69) is 43.4 Å². The van der Waals surface area contributed by atoms with Crippen molar-refractivity contribution in [3.8, 4) is 0 Å². The minimum absolute atomic E-state index is 0.345. The van der Waals surface area contributed by atoms with Gasteiger partial charge in [0.1, 0.15) is 17.8 Å². The van der Waals surface area contributed by atoms with E-state index < -0.39 is 0 Å². The van der Waals surface area contributed by atoms with Crippen LogP contribution < -0.4 is 16.0 Å². The van der Waals surface area contributed by atoms with E-state index in [1.807, 2.05) is 7.05 Å². The predicted octanol–water partition coefficient (Wildman–Crippen LogP) is 2.49. The van der Waals surface area contributed by atoms with E-state index in [0.717, 1.165) is 51.4 Å². The summed E-state index contributed by atoms with van der Waals surface area (Å²) >= 11 is 1.47. The quantitative estimate of drug-likeness (QED) is 0.445. The molecule has 1 saturated heterocycles. The maximum absolute atomic E-state index is 6.17. The molecule has 0 bridgehead atoms. The number of para-hydroxylation sites is 1. The Labute approximate surface area is 171 Å². The van der Waals surface area contributed by atoms with E-state index in [0.29, 0.717) is 23.0 Å². The number of anilines is 2. The average Bonchev–Trinajstić information content (AvgIpc) is 3.12. The molecule has 2 unspecified atom stereocenters. The molecule has 146 valence electrons. The topological polar surface area (TPSA) is 109 Å². The molecule has 0 amide bonds. The third-order valence-electron chi connectivity index (χ3n) is 6.02. The Morgan fingerprint density at radius 1 is 1.17 bits per heavy atom. The molecule has 1 aliphatic carbocycles. The molecule has 2 aliphatic rings. The van der Waals surface area contributed by atoms with Crippen molar-refractivity contribution in [2.24, 2.45) is 17.6 Å². The molecule has 2 fully saturated rings. The Bertz CT molecular complexity index is 1210. The fourth-order valence-corrected chi connectivity index (χ4v) is 5.16. The van der Waals surface area contributed by atoms with E-state index in [4.69, 9.17) is 15.7 Å². The molecular weight excluding hydrogens is 384 g/mol. The summed E-state index contributed by atoms with van der Waals surface area (Å²) < 4.78 is 0. The Morgan fingerprint density at radius 3 is 2.72 bits per heavy atom. The van der Waals surface area contributed by atoms with Crippen molar-refractivity contribution in [1.29, 1.82) is 0 Å². The van der Waals surface area contributed by atoms with E-state index >= 15 is 0 Å². The molecule has 0 radical (unpaired) electrons. The summed E-state index contributed by atoms with van der Waals surface area (Å²) in [5.41, 5.74) is 9.11. The fraction of sp³-hybridized carbons (Fsp3) is 0.300. The van der Waals surface area contributed by atoms with Crippen molar-refractivity contribution in [1.82, 2.24) is 24.9 Å². The molecule has 4 aromatic rings. The first kappa shape index (κ1) is 17.0. The van der Waals surface area contributed by atoms with Gasteiger partial charge >= 0.3 is 0 Å². The standard InChI is InChI=1S/C20H20N8S/c1-22-14-4-2-3-11-15-18(25-17(11)14)26-20(29-10-5-23-9-24-6-10)27-19(15)28-7-12-13(8-28)16(12)21/h2-6,9,12-13,16,22H,7-8,21H2,1H3,(H,25,26,27). The minimum Gasteiger partial charge on any atom is -0.386 e. The number of aromatic amines is 1. The smallest absolute Gasteiger partial charge is 0.196 e. The van der Waals surface area contributed by atoms with Crippen LogP contribution in [0.4, 0.5) is 11.5 Å². The van der Waals surface area contributed by atoms with Crippen LogP contribution in [-0.2, 0) is 0 Å².